The van der Waals surface area contributed by atoms with Gasteiger partial charge in [-0.3, -0.25) is 5.43 Å². The number of nitrogens with one attached hydrogen (secondary N) is 1. The fourth-order valence-electron chi connectivity index (χ4n) is 2.26. The average molecular weight is 349 g/mol. The van der Waals surface area contributed by atoms with E-state index in [1.807, 2.05) is 24.3 Å². The normalized spacial score (nSPS) is 11.1. The van der Waals surface area contributed by atoms with Gasteiger partial charge in [0.15, 0.2) is 0 Å². The van der Waals surface area contributed by atoms with Crippen molar-refractivity contribution in [3.8, 4) is 12.1 Å². The lowest BCUT2D eigenvalue weighted by Crippen LogP contribution is -2.13. The van der Waals surface area contributed by atoms with Gasteiger partial charge in [-0.05, 0) is 19.1 Å². The Balaban J connectivity index is 2.02. The molecule has 0 radical (unpaired) electrons. The molecule has 25 heavy (non-hydrogen) atoms. The van der Waals surface area contributed by atoms with Gasteiger partial charge in [-0.25, -0.2) is 4.79 Å². The van der Waals surface area contributed by atoms with Gasteiger partial charge in [-0.1, -0.05) is 18.2 Å². The van der Waals surface area contributed by atoms with Gasteiger partial charge in [0.25, 0.3) is 0 Å². The number of anilines is 2. The predicted molar refractivity (Wildman–Crippen MR) is 96.5 cm³/mol. The summed E-state index contributed by atoms with van der Waals surface area (Å²) < 4.78 is 5.27. The molecule has 7 nitrogen and oxygen atoms in total. The minimum Gasteiger partial charge on any atom is -0.422 e. The van der Waals surface area contributed by atoms with Crippen LogP contribution in [-0.2, 0) is 0 Å². The van der Waals surface area contributed by atoms with Crippen molar-refractivity contribution >= 4 is 38.7 Å². The first-order valence-corrected chi connectivity index (χ1v) is 7.92. The van der Waals surface area contributed by atoms with Crippen LogP contribution >= 0.6 is 11.3 Å². The molecular formula is C17H11N5O2S. The number of rotatable bonds is 3. The van der Waals surface area contributed by atoms with E-state index < -0.39 is 5.63 Å². The van der Waals surface area contributed by atoms with Crippen molar-refractivity contribution in [2.75, 3.05) is 11.2 Å². The molecule has 0 amide bonds. The molecule has 0 aliphatic rings. The molecule has 2 aromatic heterocycles. The molecule has 0 atom stereocenters. The molecule has 0 fully saturated rings. The maximum Gasteiger partial charge on any atom is 0.345 e. The molecule has 0 unspecified atom stereocenters. The topological polar surface area (TPSA) is 128 Å². The molecule has 0 saturated carbocycles. The average Bonchev–Trinajstić information content (AvgIpc) is 2.93. The van der Waals surface area contributed by atoms with Gasteiger partial charge in [0, 0.05) is 5.39 Å². The predicted octanol–water partition coefficient (Wildman–Crippen LogP) is 3.02. The van der Waals surface area contributed by atoms with Crippen LogP contribution in [0.1, 0.15) is 22.9 Å². The Morgan fingerprint density at radius 2 is 2.08 bits per heavy atom. The summed E-state index contributed by atoms with van der Waals surface area (Å²) in [6, 6.07) is 12.7. The Morgan fingerprint density at radius 3 is 2.80 bits per heavy atom. The van der Waals surface area contributed by atoms with Crippen molar-refractivity contribution in [2.45, 2.75) is 6.92 Å². The SMILES string of the molecule is C/C(=N\Nc1c(C#N)sc(N)c1C#N)c1cc2ccccc2oc1=O. The first-order valence-electron chi connectivity index (χ1n) is 7.11. The number of nitrogens with two attached hydrogens (primary N) is 1. The molecule has 2 heterocycles. The van der Waals surface area contributed by atoms with Gasteiger partial charge in [-0.2, -0.15) is 15.6 Å². The van der Waals surface area contributed by atoms with Crippen LogP contribution in [0.3, 0.4) is 0 Å². The first kappa shape index (κ1) is 16.2. The number of thiophene rings is 1. The molecular weight excluding hydrogens is 338 g/mol. The fourth-order valence-corrected chi connectivity index (χ4v) is 3.02. The van der Waals surface area contributed by atoms with Crippen LogP contribution < -0.4 is 16.8 Å². The first-order chi connectivity index (χ1) is 12.0. The Bertz CT molecular complexity index is 1140. The number of nitriles is 2. The van der Waals surface area contributed by atoms with E-state index in [0.717, 1.165) is 16.7 Å². The standard InChI is InChI=1S/C17H11N5O2S/c1-9(11-6-10-4-2-3-5-13(10)24-17(11)23)21-22-15-12(7-18)16(20)25-14(15)8-19/h2-6,22H,20H2,1H3/b21-9+. The Kier molecular flexibility index (Phi) is 4.21. The van der Waals surface area contributed by atoms with E-state index in [2.05, 4.69) is 10.5 Å². The quantitative estimate of drug-likeness (QED) is 0.425. The number of hydrogen-bond donors (Lipinski definition) is 2. The van der Waals surface area contributed by atoms with E-state index in [0.29, 0.717) is 11.3 Å². The number of benzene rings is 1. The summed E-state index contributed by atoms with van der Waals surface area (Å²) in [6.45, 7) is 1.63. The van der Waals surface area contributed by atoms with Crippen LogP contribution in [0.5, 0.6) is 0 Å². The number of hydrazone groups is 1. The minimum absolute atomic E-state index is 0.156. The molecule has 3 rings (SSSR count). The largest absolute Gasteiger partial charge is 0.422 e. The minimum atomic E-state index is -0.521. The summed E-state index contributed by atoms with van der Waals surface area (Å²) in [5.41, 5.74) is 9.39. The van der Waals surface area contributed by atoms with Crippen molar-refractivity contribution in [3.63, 3.8) is 0 Å². The number of para-hydroxylation sites is 1. The van der Waals surface area contributed by atoms with E-state index in [4.69, 9.17) is 20.7 Å². The Labute approximate surface area is 146 Å². The summed E-state index contributed by atoms with van der Waals surface area (Å²) >= 11 is 1.00. The third-order valence-corrected chi connectivity index (χ3v) is 4.44. The smallest absolute Gasteiger partial charge is 0.345 e. The molecule has 0 bridgehead atoms. The second kappa shape index (κ2) is 6.48. The van der Waals surface area contributed by atoms with E-state index in [1.165, 1.54) is 0 Å². The maximum absolute atomic E-state index is 12.1. The Morgan fingerprint density at radius 1 is 1.32 bits per heavy atom. The molecule has 8 heteroatoms. The van der Waals surface area contributed by atoms with Crippen LogP contribution in [0, 0.1) is 22.7 Å². The van der Waals surface area contributed by atoms with Crippen LogP contribution in [0.4, 0.5) is 10.7 Å². The maximum atomic E-state index is 12.1. The molecule has 122 valence electrons. The van der Waals surface area contributed by atoms with E-state index >= 15 is 0 Å². The highest BCUT2D eigenvalue weighted by atomic mass is 32.1. The molecule has 1 aromatic carbocycles. The van der Waals surface area contributed by atoms with Gasteiger partial charge in [0.1, 0.15) is 38.9 Å². The summed E-state index contributed by atoms with van der Waals surface area (Å²) in [5, 5.41) is 23.4. The van der Waals surface area contributed by atoms with Gasteiger partial charge in [-0.15, -0.1) is 11.3 Å². The molecule has 0 spiro atoms. The second-order valence-corrected chi connectivity index (χ2v) is 6.12. The molecule has 0 saturated heterocycles. The van der Waals surface area contributed by atoms with Crippen molar-refractivity contribution in [3.05, 3.63) is 56.8 Å². The molecule has 3 N–H and O–H groups in total. The number of nitrogen functional groups attached to an aromatic ring is 1. The highest BCUT2D eigenvalue weighted by Gasteiger charge is 2.16. The number of hydrogen-bond acceptors (Lipinski definition) is 8. The van der Waals surface area contributed by atoms with Crippen LogP contribution in [0.2, 0.25) is 0 Å². The molecule has 0 aliphatic carbocycles. The highest BCUT2D eigenvalue weighted by molar-refractivity contribution is 7.17. The zero-order valence-corrected chi connectivity index (χ0v) is 13.8. The summed E-state index contributed by atoms with van der Waals surface area (Å²) in [6.07, 6.45) is 0. The summed E-state index contributed by atoms with van der Waals surface area (Å²) in [5.74, 6) is 0. The van der Waals surface area contributed by atoms with Crippen molar-refractivity contribution < 1.29 is 4.42 Å². The highest BCUT2D eigenvalue weighted by Crippen LogP contribution is 2.34. The number of fused-ring (bicyclic) bond motifs is 1. The molecule has 3 aromatic rings. The zero-order valence-electron chi connectivity index (χ0n) is 13.0. The van der Waals surface area contributed by atoms with Gasteiger partial charge >= 0.3 is 5.63 Å². The van der Waals surface area contributed by atoms with Gasteiger partial charge < -0.3 is 10.2 Å². The van der Waals surface area contributed by atoms with Crippen molar-refractivity contribution in [2.24, 2.45) is 5.10 Å². The van der Waals surface area contributed by atoms with E-state index in [-0.39, 0.29) is 26.7 Å². The van der Waals surface area contributed by atoms with E-state index in [1.54, 1.807) is 25.1 Å². The van der Waals surface area contributed by atoms with Crippen molar-refractivity contribution in [1.82, 2.24) is 0 Å². The van der Waals surface area contributed by atoms with Crippen molar-refractivity contribution in [1.29, 1.82) is 10.5 Å². The summed E-state index contributed by atoms with van der Waals surface area (Å²) in [7, 11) is 0. The third-order valence-electron chi connectivity index (χ3n) is 3.52. The van der Waals surface area contributed by atoms with Crippen LogP contribution in [-0.4, -0.2) is 5.71 Å². The second-order valence-electron chi connectivity index (χ2n) is 5.06. The monoisotopic (exact) mass is 349 g/mol. The number of nitrogens with zero attached hydrogens (tertiary/aromatic N) is 3. The third kappa shape index (κ3) is 2.94. The summed E-state index contributed by atoms with van der Waals surface area (Å²) in [4.78, 5) is 12.4. The fraction of sp³-hybridized carbons (Fsp3) is 0.0588. The van der Waals surface area contributed by atoms with Crippen LogP contribution in [0.15, 0.2) is 44.6 Å². The van der Waals surface area contributed by atoms with Gasteiger partial charge in [0.05, 0.1) is 11.3 Å². The Hall–Kier alpha value is -3.62. The zero-order chi connectivity index (χ0) is 18.0. The lowest BCUT2D eigenvalue weighted by atomic mass is 10.1. The lowest BCUT2D eigenvalue weighted by molar-refractivity contribution is 0.559. The molecule has 0 aliphatic heterocycles. The lowest BCUT2D eigenvalue weighted by Gasteiger charge is -2.04. The van der Waals surface area contributed by atoms with Gasteiger partial charge in [0.2, 0.25) is 0 Å². The van der Waals surface area contributed by atoms with E-state index in [9.17, 15) is 4.79 Å². The van der Waals surface area contributed by atoms with Crippen LogP contribution in [0.25, 0.3) is 11.0 Å².